The molecular weight excluding hydrogens is 346 g/mol. The van der Waals surface area contributed by atoms with Crippen LogP contribution in [-0.4, -0.2) is 19.9 Å². The number of allylic oxidation sites excluding steroid dienone is 2. The molecule has 122 valence electrons. The summed E-state index contributed by atoms with van der Waals surface area (Å²) in [6.07, 6.45) is 1.30. The third-order valence-corrected chi connectivity index (χ3v) is 5.48. The summed E-state index contributed by atoms with van der Waals surface area (Å²) < 4.78 is 29.4. The van der Waals surface area contributed by atoms with Gasteiger partial charge in [-0.25, -0.2) is 0 Å². The van der Waals surface area contributed by atoms with Crippen molar-refractivity contribution in [2.24, 2.45) is 4.40 Å². The second kappa shape index (κ2) is 6.00. The van der Waals surface area contributed by atoms with E-state index in [1.807, 2.05) is 13.0 Å². The summed E-state index contributed by atoms with van der Waals surface area (Å²) in [4.78, 5) is 12.2. The molecule has 3 rings (SSSR count). The molecule has 1 aliphatic rings. The highest BCUT2D eigenvalue weighted by Crippen LogP contribution is 2.26. The van der Waals surface area contributed by atoms with Crippen LogP contribution in [-0.2, 0) is 10.0 Å². The van der Waals surface area contributed by atoms with Gasteiger partial charge in [0.05, 0.1) is 15.6 Å². The molecule has 0 radical (unpaired) electrons. The summed E-state index contributed by atoms with van der Waals surface area (Å²) in [5.41, 5.74) is 2.41. The van der Waals surface area contributed by atoms with Crippen LogP contribution in [0.3, 0.4) is 0 Å². The Hall–Kier alpha value is -2.24. The van der Waals surface area contributed by atoms with Gasteiger partial charge in [0.2, 0.25) is 5.78 Å². The molecule has 0 saturated carbocycles. The van der Waals surface area contributed by atoms with Gasteiger partial charge in [-0.05, 0) is 37.1 Å². The first kappa shape index (κ1) is 16.6. The molecule has 0 heterocycles. The fraction of sp³-hybridized carbons (Fsp3) is 0.111. The highest BCUT2D eigenvalue weighted by molar-refractivity contribution is 7.90. The molecule has 0 atom stereocenters. The number of aryl methyl sites for hydroxylation is 2. The van der Waals surface area contributed by atoms with Crippen molar-refractivity contribution in [2.75, 3.05) is 0 Å². The minimum atomic E-state index is -3.92. The SMILES string of the molecule is Cc1ccc(C)c(S(=O)(=O)N=C2C=C(Cl)C(=O)c3ccccc32)c1. The van der Waals surface area contributed by atoms with Crippen molar-refractivity contribution >= 4 is 33.1 Å². The van der Waals surface area contributed by atoms with E-state index >= 15 is 0 Å². The standard InChI is InChI=1S/C18H14ClNO3S/c1-11-7-8-12(2)17(9-11)24(22,23)20-16-10-15(19)18(21)14-6-4-3-5-13(14)16/h3-10H,1-2H3. The first-order chi connectivity index (χ1) is 11.3. The van der Waals surface area contributed by atoms with Crippen LogP contribution in [0.1, 0.15) is 27.0 Å². The third-order valence-electron chi connectivity index (χ3n) is 3.77. The third kappa shape index (κ3) is 2.92. The van der Waals surface area contributed by atoms with E-state index in [1.54, 1.807) is 43.3 Å². The molecule has 6 heteroatoms. The minimum Gasteiger partial charge on any atom is -0.288 e. The predicted molar refractivity (Wildman–Crippen MR) is 94.3 cm³/mol. The van der Waals surface area contributed by atoms with Crippen LogP contribution >= 0.6 is 11.6 Å². The number of benzene rings is 2. The van der Waals surface area contributed by atoms with Crippen LogP contribution in [0.25, 0.3) is 0 Å². The minimum absolute atomic E-state index is 0.0522. The number of hydrogen-bond acceptors (Lipinski definition) is 3. The molecule has 0 aromatic heterocycles. The van der Waals surface area contributed by atoms with Gasteiger partial charge in [0.25, 0.3) is 10.0 Å². The van der Waals surface area contributed by atoms with Gasteiger partial charge in [0.15, 0.2) is 0 Å². The molecule has 0 bridgehead atoms. The maximum Gasteiger partial charge on any atom is 0.283 e. The van der Waals surface area contributed by atoms with E-state index in [0.717, 1.165) is 5.56 Å². The van der Waals surface area contributed by atoms with E-state index in [0.29, 0.717) is 16.7 Å². The number of halogens is 1. The Morgan fingerprint density at radius 2 is 1.67 bits per heavy atom. The zero-order valence-electron chi connectivity index (χ0n) is 13.1. The predicted octanol–water partition coefficient (Wildman–Crippen LogP) is 3.80. The van der Waals surface area contributed by atoms with Gasteiger partial charge in [-0.15, -0.1) is 0 Å². The van der Waals surface area contributed by atoms with Gasteiger partial charge in [-0.2, -0.15) is 12.8 Å². The largest absolute Gasteiger partial charge is 0.288 e. The molecule has 2 aromatic rings. The lowest BCUT2D eigenvalue weighted by molar-refractivity contribution is 0.104. The Morgan fingerprint density at radius 1 is 1.00 bits per heavy atom. The molecule has 0 aliphatic heterocycles. The van der Waals surface area contributed by atoms with E-state index in [2.05, 4.69) is 4.40 Å². The van der Waals surface area contributed by atoms with E-state index in [9.17, 15) is 13.2 Å². The zero-order valence-corrected chi connectivity index (χ0v) is 14.6. The van der Waals surface area contributed by atoms with E-state index in [4.69, 9.17) is 11.6 Å². The fourth-order valence-electron chi connectivity index (χ4n) is 2.54. The molecule has 24 heavy (non-hydrogen) atoms. The van der Waals surface area contributed by atoms with Crippen molar-refractivity contribution in [2.45, 2.75) is 18.7 Å². The average Bonchev–Trinajstić information content (AvgIpc) is 2.54. The number of nitrogens with zero attached hydrogens (tertiary/aromatic N) is 1. The summed E-state index contributed by atoms with van der Waals surface area (Å²) in [6, 6.07) is 11.8. The molecular formula is C18H14ClNO3S. The molecule has 0 unspecified atom stereocenters. The molecule has 0 amide bonds. The lowest BCUT2D eigenvalue weighted by Gasteiger charge is -2.14. The number of hydrogen-bond donors (Lipinski definition) is 0. The maximum atomic E-state index is 12.7. The second-order valence-corrected chi connectivity index (χ2v) is 7.57. The van der Waals surface area contributed by atoms with E-state index in [-0.39, 0.29) is 21.4 Å². The highest BCUT2D eigenvalue weighted by atomic mass is 35.5. The van der Waals surface area contributed by atoms with Crippen LogP contribution in [0.5, 0.6) is 0 Å². The summed E-state index contributed by atoms with van der Waals surface area (Å²) in [5.74, 6) is -0.338. The summed E-state index contributed by atoms with van der Waals surface area (Å²) in [6.45, 7) is 3.53. The maximum absolute atomic E-state index is 12.7. The Balaban J connectivity index is 2.20. The topological polar surface area (TPSA) is 63.6 Å². The van der Waals surface area contributed by atoms with Crippen molar-refractivity contribution in [3.05, 3.63) is 75.8 Å². The lowest BCUT2D eigenvalue weighted by Crippen LogP contribution is -2.16. The lowest BCUT2D eigenvalue weighted by atomic mass is 9.94. The Morgan fingerprint density at radius 3 is 2.38 bits per heavy atom. The smallest absolute Gasteiger partial charge is 0.283 e. The van der Waals surface area contributed by atoms with E-state index < -0.39 is 10.0 Å². The van der Waals surface area contributed by atoms with Crippen molar-refractivity contribution in [3.8, 4) is 0 Å². The van der Waals surface area contributed by atoms with Crippen LogP contribution in [0, 0.1) is 13.8 Å². The van der Waals surface area contributed by atoms with Crippen molar-refractivity contribution < 1.29 is 13.2 Å². The molecule has 0 N–H and O–H groups in total. The Bertz CT molecular complexity index is 1020. The molecule has 4 nitrogen and oxygen atoms in total. The van der Waals surface area contributed by atoms with Crippen LogP contribution in [0.2, 0.25) is 0 Å². The first-order valence-corrected chi connectivity index (χ1v) is 9.05. The van der Waals surface area contributed by atoms with Crippen LogP contribution in [0.15, 0.2) is 62.9 Å². The Kier molecular flexibility index (Phi) is 4.15. The zero-order chi connectivity index (χ0) is 17.5. The number of sulfonamides is 1. The summed E-state index contributed by atoms with van der Waals surface area (Å²) in [7, 11) is -3.92. The van der Waals surface area contributed by atoms with Crippen molar-refractivity contribution in [1.29, 1.82) is 0 Å². The molecule has 0 spiro atoms. The van der Waals surface area contributed by atoms with E-state index in [1.165, 1.54) is 6.08 Å². The quantitative estimate of drug-likeness (QED) is 0.819. The number of rotatable bonds is 2. The summed E-state index contributed by atoms with van der Waals surface area (Å²) >= 11 is 5.96. The second-order valence-electron chi connectivity index (χ2n) is 5.59. The monoisotopic (exact) mass is 359 g/mol. The first-order valence-electron chi connectivity index (χ1n) is 7.23. The molecule has 0 saturated heterocycles. The highest BCUT2D eigenvalue weighted by Gasteiger charge is 2.25. The van der Waals surface area contributed by atoms with Crippen LogP contribution < -0.4 is 0 Å². The fourth-order valence-corrected chi connectivity index (χ4v) is 4.06. The molecule has 2 aromatic carbocycles. The summed E-state index contributed by atoms with van der Waals surface area (Å²) in [5, 5.41) is -0.0522. The number of Topliss-reactive ketones (excluding diaryl/α,β-unsaturated/α-hetero) is 1. The number of fused-ring (bicyclic) bond motifs is 1. The average molecular weight is 360 g/mol. The van der Waals surface area contributed by atoms with Gasteiger partial charge in [-0.3, -0.25) is 4.79 Å². The van der Waals surface area contributed by atoms with Gasteiger partial charge in [0.1, 0.15) is 0 Å². The normalized spacial score (nSPS) is 16.0. The van der Waals surface area contributed by atoms with Crippen molar-refractivity contribution in [1.82, 2.24) is 0 Å². The van der Waals surface area contributed by atoms with Gasteiger partial charge >= 0.3 is 0 Å². The number of carbonyl (C=O) groups excluding carboxylic acids is 1. The van der Waals surface area contributed by atoms with Gasteiger partial charge < -0.3 is 0 Å². The number of carbonyl (C=O) groups is 1. The van der Waals surface area contributed by atoms with Crippen molar-refractivity contribution in [3.63, 3.8) is 0 Å². The van der Waals surface area contributed by atoms with Crippen LogP contribution in [0.4, 0.5) is 0 Å². The molecule has 1 aliphatic carbocycles. The van der Waals surface area contributed by atoms with Gasteiger partial charge in [-0.1, -0.05) is 48.0 Å². The van der Waals surface area contributed by atoms with Gasteiger partial charge in [0, 0.05) is 11.1 Å². The molecule has 0 fully saturated rings. The number of ketones is 1. The Labute approximate surface area is 145 Å².